The first-order chi connectivity index (χ1) is 8.15. The van der Waals surface area contributed by atoms with Gasteiger partial charge in [-0.15, -0.1) is 0 Å². The number of nitrogens with one attached hydrogen (secondary N) is 1. The molecule has 1 heterocycles. The smallest absolute Gasteiger partial charge is 0.255 e. The molecule has 0 aromatic carbocycles. The molecule has 1 atom stereocenters. The van der Waals surface area contributed by atoms with Gasteiger partial charge in [0.15, 0.2) is 0 Å². The number of nitrogens with zero attached hydrogens (tertiary/aromatic N) is 1. The molecule has 5 heteroatoms. The predicted octanol–water partition coefficient (Wildman–Crippen LogP) is 1.49. The van der Waals surface area contributed by atoms with Crippen LogP contribution in [0.25, 0.3) is 0 Å². The molecule has 1 aliphatic carbocycles. The van der Waals surface area contributed by atoms with Gasteiger partial charge in [-0.3, -0.25) is 4.79 Å². The Kier molecular flexibility index (Phi) is 4.31. The van der Waals surface area contributed by atoms with Crippen LogP contribution in [0, 0.1) is 11.8 Å². The lowest BCUT2D eigenvalue weighted by molar-refractivity contribution is -0.127. The summed E-state index contributed by atoms with van der Waals surface area (Å²) < 4.78 is 24.0. The van der Waals surface area contributed by atoms with Crippen LogP contribution in [-0.2, 0) is 4.79 Å². The molecule has 2 rings (SSSR count). The van der Waals surface area contributed by atoms with E-state index in [2.05, 4.69) is 10.2 Å². The van der Waals surface area contributed by atoms with Gasteiger partial charge in [-0.2, -0.15) is 0 Å². The monoisotopic (exact) mass is 246 g/mol. The number of likely N-dealkylation sites (tertiary alicyclic amines) is 1. The zero-order valence-electron chi connectivity index (χ0n) is 10.0. The van der Waals surface area contributed by atoms with Crippen LogP contribution in [0.5, 0.6) is 0 Å². The molecule has 98 valence electrons. The van der Waals surface area contributed by atoms with Crippen LogP contribution in [0.2, 0.25) is 0 Å². The Morgan fingerprint density at radius 3 is 2.76 bits per heavy atom. The summed E-state index contributed by atoms with van der Waals surface area (Å²) in [5.74, 6) is 0.518. The Bertz CT molecular complexity index is 269. The number of carbonyl (C=O) groups is 1. The summed E-state index contributed by atoms with van der Waals surface area (Å²) in [4.78, 5) is 14.0. The summed E-state index contributed by atoms with van der Waals surface area (Å²) >= 11 is 0. The van der Waals surface area contributed by atoms with Gasteiger partial charge in [-0.25, -0.2) is 8.78 Å². The van der Waals surface area contributed by atoms with Crippen molar-refractivity contribution in [2.75, 3.05) is 26.2 Å². The van der Waals surface area contributed by atoms with Crippen LogP contribution in [0.1, 0.15) is 25.7 Å². The van der Waals surface area contributed by atoms with E-state index in [0.29, 0.717) is 0 Å². The van der Waals surface area contributed by atoms with Crippen molar-refractivity contribution in [3.05, 3.63) is 0 Å². The third kappa shape index (κ3) is 4.22. The van der Waals surface area contributed by atoms with Crippen LogP contribution in [0.15, 0.2) is 0 Å². The number of carbonyl (C=O) groups excluding carboxylic acids is 1. The second-order valence-electron chi connectivity index (χ2n) is 5.18. The Balaban J connectivity index is 1.73. The summed E-state index contributed by atoms with van der Waals surface area (Å²) in [5.41, 5.74) is 0. The average molecular weight is 246 g/mol. The second-order valence-corrected chi connectivity index (χ2v) is 5.18. The molecule has 0 spiro atoms. The van der Waals surface area contributed by atoms with Gasteiger partial charge < -0.3 is 10.2 Å². The summed E-state index contributed by atoms with van der Waals surface area (Å²) in [7, 11) is 0. The Morgan fingerprint density at radius 1 is 1.35 bits per heavy atom. The van der Waals surface area contributed by atoms with E-state index in [1.165, 1.54) is 12.8 Å². The summed E-state index contributed by atoms with van der Waals surface area (Å²) in [5, 5.41) is 2.33. The molecule has 1 aliphatic heterocycles. The van der Waals surface area contributed by atoms with Crippen LogP contribution in [0.3, 0.4) is 0 Å². The van der Waals surface area contributed by atoms with Crippen LogP contribution in [0.4, 0.5) is 8.78 Å². The highest BCUT2D eigenvalue weighted by Gasteiger charge is 2.30. The third-order valence-corrected chi connectivity index (χ3v) is 3.52. The summed E-state index contributed by atoms with van der Waals surface area (Å²) in [6, 6.07) is 0. The fourth-order valence-corrected chi connectivity index (χ4v) is 2.42. The highest BCUT2D eigenvalue weighted by atomic mass is 19.3. The summed E-state index contributed by atoms with van der Waals surface area (Å²) in [6.45, 7) is 2.36. The molecule has 0 bridgehead atoms. The van der Waals surface area contributed by atoms with Gasteiger partial charge in [-0.05, 0) is 38.1 Å². The molecule has 2 aliphatic rings. The van der Waals surface area contributed by atoms with Gasteiger partial charge in [0, 0.05) is 13.1 Å². The summed E-state index contributed by atoms with van der Waals surface area (Å²) in [6.07, 6.45) is 1.98. The highest BCUT2D eigenvalue weighted by molar-refractivity contribution is 5.78. The minimum atomic E-state index is -2.45. The molecule has 1 N–H and O–H groups in total. The third-order valence-electron chi connectivity index (χ3n) is 3.52. The Labute approximate surface area is 101 Å². The average Bonchev–Trinajstić information content (AvgIpc) is 3.10. The van der Waals surface area contributed by atoms with Gasteiger partial charge in [0.1, 0.15) is 0 Å². The van der Waals surface area contributed by atoms with Crippen LogP contribution < -0.4 is 5.32 Å². The molecule has 0 radical (unpaired) electrons. The molecule has 1 saturated heterocycles. The number of halogens is 2. The fraction of sp³-hybridized carbons (Fsp3) is 0.917. The number of alkyl halides is 2. The lowest BCUT2D eigenvalue weighted by atomic mass is 9.97. The largest absolute Gasteiger partial charge is 0.350 e. The van der Waals surface area contributed by atoms with E-state index < -0.39 is 13.0 Å². The first kappa shape index (κ1) is 12.7. The van der Waals surface area contributed by atoms with Gasteiger partial charge in [0.25, 0.3) is 6.43 Å². The van der Waals surface area contributed by atoms with Gasteiger partial charge in [0.05, 0.1) is 12.5 Å². The Hall–Kier alpha value is -0.710. The van der Waals surface area contributed by atoms with E-state index in [4.69, 9.17) is 0 Å². The van der Waals surface area contributed by atoms with Crippen LogP contribution >= 0.6 is 0 Å². The Morgan fingerprint density at radius 2 is 2.12 bits per heavy atom. The van der Waals surface area contributed by atoms with Crippen LogP contribution in [-0.4, -0.2) is 43.4 Å². The normalized spacial score (nSPS) is 26.2. The highest BCUT2D eigenvalue weighted by Crippen LogP contribution is 2.31. The number of rotatable bonds is 5. The second kappa shape index (κ2) is 5.76. The molecule has 0 aromatic heterocycles. The maximum Gasteiger partial charge on any atom is 0.255 e. The van der Waals surface area contributed by atoms with Crippen molar-refractivity contribution < 1.29 is 13.6 Å². The fourth-order valence-electron chi connectivity index (χ4n) is 2.42. The molecule has 3 nitrogen and oxygen atoms in total. The van der Waals surface area contributed by atoms with Crippen molar-refractivity contribution in [3.8, 4) is 0 Å². The van der Waals surface area contributed by atoms with Gasteiger partial charge >= 0.3 is 0 Å². The molecule has 1 unspecified atom stereocenters. The topological polar surface area (TPSA) is 32.3 Å². The SMILES string of the molecule is O=C(NCC(F)F)C1CCCN(CC2CC2)C1. The molecular formula is C12H20F2N2O. The maximum absolute atomic E-state index is 12.0. The van der Waals surface area contributed by atoms with E-state index in [-0.39, 0.29) is 11.8 Å². The zero-order chi connectivity index (χ0) is 12.3. The van der Waals surface area contributed by atoms with Crippen molar-refractivity contribution in [2.24, 2.45) is 11.8 Å². The van der Waals surface area contributed by atoms with Crippen molar-refractivity contribution in [2.45, 2.75) is 32.1 Å². The van der Waals surface area contributed by atoms with Crippen molar-refractivity contribution in [3.63, 3.8) is 0 Å². The molecule has 2 fully saturated rings. The number of hydrogen-bond acceptors (Lipinski definition) is 2. The molecule has 0 aromatic rings. The van der Waals surface area contributed by atoms with E-state index >= 15 is 0 Å². The van der Waals surface area contributed by atoms with Gasteiger partial charge in [-0.1, -0.05) is 0 Å². The lowest BCUT2D eigenvalue weighted by Crippen LogP contribution is -2.44. The standard InChI is InChI=1S/C12H20F2N2O/c13-11(14)6-15-12(17)10-2-1-5-16(8-10)7-9-3-4-9/h9-11H,1-8H2,(H,15,17). The molecule has 1 amide bonds. The minimum Gasteiger partial charge on any atom is -0.350 e. The lowest BCUT2D eigenvalue weighted by Gasteiger charge is -2.31. The first-order valence-corrected chi connectivity index (χ1v) is 6.43. The minimum absolute atomic E-state index is 0.0961. The van der Waals surface area contributed by atoms with E-state index in [1.807, 2.05) is 0 Å². The first-order valence-electron chi connectivity index (χ1n) is 6.43. The van der Waals surface area contributed by atoms with Crippen molar-refractivity contribution in [1.82, 2.24) is 10.2 Å². The number of hydrogen-bond donors (Lipinski definition) is 1. The van der Waals surface area contributed by atoms with Crippen molar-refractivity contribution in [1.29, 1.82) is 0 Å². The molecular weight excluding hydrogens is 226 g/mol. The molecule has 17 heavy (non-hydrogen) atoms. The zero-order valence-corrected chi connectivity index (χ0v) is 10.0. The maximum atomic E-state index is 12.0. The van der Waals surface area contributed by atoms with Crippen molar-refractivity contribution >= 4 is 5.91 Å². The van der Waals surface area contributed by atoms with E-state index in [1.54, 1.807) is 0 Å². The number of piperidine rings is 1. The van der Waals surface area contributed by atoms with E-state index in [9.17, 15) is 13.6 Å². The molecule has 1 saturated carbocycles. The predicted molar refractivity (Wildman–Crippen MR) is 60.9 cm³/mol. The van der Waals surface area contributed by atoms with Gasteiger partial charge in [0.2, 0.25) is 5.91 Å². The quantitative estimate of drug-likeness (QED) is 0.797. The number of amides is 1. The van der Waals surface area contributed by atoms with E-state index in [0.717, 1.165) is 38.4 Å².